The van der Waals surface area contributed by atoms with E-state index in [2.05, 4.69) is 5.32 Å². The van der Waals surface area contributed by atoms with Crippen molar-refractivity contribution in [3.63, 3.8) is 0 Å². The molecule has 0 fully saturated rings. The zero-order valence-electron chi connectivity index (χ0n) is 16.3. The van der Waals surface area contributed by atoms with E-state index in [0.29, 0.717) is 35.8 Å². The first-order chi connectivity index (χ1) is 14.1. The molecule has 0 heterocycles. The SMILES string of the molecule is CCOCCOC(=O)c1ccc(NC(=O)C(C#N)=Cc2ccc(OC)cc2)cc1. The molecule has 7 heteroatoms. The number of rotatable bonds is 9. The fourth-order valence-corrected chi connectivity index (χ4v) is 2.32. The van der Waals surface area contributed by atoms with Crippen LogP contribution in [0.3, 0.4) is 0 Å². The lowest BCUT2D eigenvalue weighted by Gasteiger charge is -2.07. The van der Waals surface area contributed by atoms with Crippen molar-refractivity contribution in [3.8, 4) is 11.8 Å². The van der Waals surface area contributed by atoms with Crippen molar-refractivity contribution >= 4 is 23.6 Å². The molecule has 0 aliphatic carbocycles. The molecule has 7 nitrogen and oxygen atoms in total. The topological polar surface area (TPSA) is 97.6 Å². The summed E-state index contributed by atoms with van der Waals surface area (Å²) in [6, 6.07) is 15.1. The lowest BCUT2D eigenvalue weighted by atomic mass is 10.1. The molecule has 0 radical (unpaired) electrons. The molecule has 0 unspecified atom stereocenters. The smallest absolute Gasteiger partial charge is 0.338 e. The molecule has 0 saturated carbocycles. The number of anilines is 1. The molecule has 2 aromatic carbocycles. The molecule has 0 saturated heterocycles. The molecule has 150 valence electrons. The minimum Gasteiger partial charge on any atom is -0.497 e. The summed E-state index contributed by atoms with van der Waals surface area (Å²) in [5, 5.41) is 11.9. The van der Waals surface area contributed by atoms with E-state index in [1.165, 1.54) is 18.2 Å². The number of ether oxygens (including phenoxy) is 3. The number of benzene rings is 2. The maximum Gasteiger partial charge on any atom is 0.338 e. The summed E-state index contributed by atoms with van der Waals surface area (Å²) in [7, 11) is 1.56. The molecule has 0 bridgehead atoms. The summed E-state index contributed by atoms with van der Waals surface area (Å²) in [6.07, 6.45) is 1.49. The van der Waals surface area contributed by atoms with Gasteiger partial charge in [-0.25, -0.2) is 4.79 Å². The maximum atomic E-state index is 12.4. The number of nitrogens with one attached hydrogen (secondary N) is 1. The number of carbonyl (C=O) groups excluding carboxylic acids is 2. The van der Waals surface area contributed by atoms with Gasteiger partial charge < -0.3 is 19.5 Å². The van der Waals surface area contributed by atoms with E-state index in [0.717, 1.165) is 0 Å². The monoisotopic (exact) mass is 394 g/mol. The van der Waals surface area contributed by atoms with E-state index < -0.39 is 11.9 Å². The maximum absolute atomic E-state index is 12.4. The standard InChI is InChI=1S/C22H22N2O5/c1-3-28-12-13-29-22(26)17-6-8-19(9-7-17)24-21(25)18(15-23)14-16-4-10-20(27-2)11-5-16/h4-11,14H,3,12-13H2,1-2H3,(H,24,25). The molecule has 0 spiro atoms. The lowest BCUT2D eigenvalue weighted by Crippen LogP contribution is -2.14. The van der Waals surface area contributed by atoms with E-state index in [1.54, 1.807) is 43.5 Å². The van der Waals surface area contributed by atoms with Crippen LogP contribution in [0.25, 0.3) is 6.08 Å². The first kappa shape index (κ1) is 21.7. The Balaban J connectivity index is 1.98. The lowest BCUT2D eigenvalue weighted by molar-refractivity contribution is -0.112. The van der Waals surface area contributed by atoms with Gasteiger partial charge in [0.15, 0.2) is 0 Å². The number of carbonyl (C=O) groups is 2. The van der Waals surface area contributed by atoms with E-state index in [1.807, 2.05) is 13.0 Å². The fourth-order valence-electron chi connectivity index (χ4n) is 2.32. The highest BCUT2D eigenvalue weighted by Crippen LogP contribution is 2.16. The molecule has 2 rings (SSSR count). The predicted molar refractivity (Wildman–Crippen MR) is 108 cm³/mol. The molecule has 0 aliphatic heterocycles. The molecular weight excluding hydrogens is 372 g/mol. The summed E-state index contributed by atoms with van der Waals surface area (Å²) >= 11 is 0. The largest absolute Gasteiger partial charge is 0.497 e. The third-order valence-corrected chi connectivity index (χ3v) is 3.84. The Hall–Kier alpha value is -3.63. The second-order valence-corrected chi connectivity index (χ2v) is 5.81. The molecule has 0 aliphatic rings. The van der Waals surface area contributed by atoms with Crippen LogP contribution < -0.4 is 10.1 Å². The van der Waals surface area contributed by atoms with Crippen LogP contribution in [0.4, 0.5) is 5.69 Å². The molecule has 0 aromatic heterocycles. The Bertz CT molecular complexity index is 896. The van der Waals surface area contributed by atoms with E-state index in [-0.39, 0.29) is 12.2 Å². The van der Waals surface area contributed by atoms with Crippen LogP contribution in [-0.4, -0.2) is 38.8 Å². The van der Waals surface area contributed by atoms with Crippen LogP contribution in [0.1, 0.15) is 22.8 Å². The minimum atomic E-state index is -0.546. The van der Waals surface area contributed by atoms with Gasteiger partial charge in [0.2, 0.25) is 0 Å². The second kappa shape index (κ2) is 11.3. The number of nitriles is 1. The van der Waals surface area contributed by atoms with Gasteiger partial charge in [0, 0.05) is 12.3 Å². The van der Waals surface area contributed by atoms with Crippen molar-refractivity contribution in [1.82, 2.24) is 0 Å². The van der Waals surface area contributed by atoms with Gasteiger partial charge in [0.25, 0.3) is 5.91 Å². The van der Waals surface area contributed by atoms with Gasteiger partial charge in [0.1, 0.15) is 24.0 Å². The summed E-state index contributed by atoms with van der Waals surface area (Å²) in [4.78, 5) is 24.3. The molecule has 29 heavy (non-hydrogen) atoms. The van der Waals surface area contributed by atoms with Gasteiger partial charge in [-0.3, -0.25) is 4.79 Å². The number of hydrogen-bond donors (Lipinski definition) is 1. The molecule has 2 aromatic rings. The van der Waals surface area contributed by atoms with Crippen molar-refractivity contribution in [2.45, 2.75) is 6.92 Å². The van der Waals surface area contributed by atoms with Crippen LogP contribution in [0.5, 0.6) is 5.75 Å². The Morgan fingerprint density at radius 2 is 1.76 bits per heavy atom. The number of hydrogen-bond acceptors (Lipinski definition) is 6. The zero-order valence-corrected chi connectivity index (χ0v) is 16.3. The predicted octanol–water partition coefficient (Wildman–Crippen LogP) is 3.43. The van der Waals surface area contributed by atoms with Gasteiger partial charge in [0.05, 0.1) is 19.3 Å². The summed E-state index contributed by atoms with van der Waals surface area (Å²) in [6.45, 7) is 2.93. The fraction of sp³-hybridized carbons (Fsp3) is 0.227. The van der Waals surface area contributed by atoms with Crippen molar-refractivity contribution in [3.05, 3.63) is 65.2 Å². The highest BCUT2D eigenvalue weighted by atomic mass is 16.6. The number of methoxy groups -OCH3 is 1. The second-order valence-electron chi connectivity index (χ2n) is 5.81. The normalized spacial score (nSPS) is 10.7. The Kier molecular flexibility index (Phi) is 8.42. The zero-order chi connectivity index (χ0) is 21.1. The minimum absolute atomic E-state index is 0.0467. The molecule has 0 atom stereocenters. The quantitative estimate of drug-likeness (QED) is 0.303. The third kappa shape index (κ3) is 6.79. The highest BCUT2D eigenvalue weighted by Gasteiger charge is 2.11. The Labute approximate surface area is 169 Å². The average molecular weight is 394 g/mol. The molecule has 1 N–H and O–H groups in total. The number of amides is 1. The summed E-state index contributed by atoms with van der Waals surface area (Å²) in [5.41, 5.74) is 1.46. The Morgan fingerprint density at radius 3 is 2.34 bits per heavy atom. The van der Waals surface area contributed by atoms with Gasteiger partial charge in [-0.2, -0.15) is 5.26 Å². The summed E-state index contributed by atoms with van der Waals surface area (Å²) in [5.74, 6) is -0.336. The third-order valence-electron chi connectivity index (χ3n) is 3.84. The van der Waals surface area contributed by atoms with Crippen molar-refractivity contribution in [2.75, 3.05) is 32.2 Å². The van der Waals surface area contributed by atoms with Crippen LogP contribution in [-0.2, 0) is 14.3 Å². The van der Waals surface area contributed by atoms with Gasteiger partial charge in [-0.15, -0.1) is 0 Å². The summed E-state index contributed by atoms with van der Waals surface area (Å²) < 4.78 is 15.3. The first-order valence-corrected chi connectivity index (χ1v) is 8.99. The Morgan fingerprint density at radius 1 is 1.07 bits per heavy atom. The van der Waals surface area contributed by atoms with Crippen molar-refractivity contribution in [1.29, 1.82) is 5.26 Å². The van der Waals surface area contributed by atoms with Crippen molar-refractivity contribution in [2.24, 2.45) is 0 Å². The molecular formula is C22H22N2O5. The van der Waals surface area contributed by atoms with E-state index in [4.69, 9.17) is 14.2 Å². The molecule has 1 amide bonds. The van der Waals surface area contributed by atoms with Gasteiger partial charge in [-0.1, -0.05) is 12.1 Å². The number of esters is 1. The van der Waals surface area contributed by atoms with Crippen LogP contribution in [0.15, 0.2) is 54.1 Å². The van der Waals surface area contributed by atoms with E-state index >= 15 is 0 Å². The number of nitrogens with zero attached hydrogens (tertiary/aromatic N) is 1. The van der Waals surface area contributed by atoms with Gasteiger partial charge >= 0.3 is 5.97 Å². The van der Waals surface area contributed by atoms with Gasteiger partial charge in [-0.05, 0) is 55.0 Å². The van der Waals surface area contributed by atoms with Crippen LogP contribution in [0.2, 0.25) is 0 Å². The van der Waals surface area contributed by atoms with Crippen molar-refractivity contribution < 1.29 is 23.8 Å². The van der Waals surface area contributed by atoms with E-state index in [9.17, 15) is 14.9 Å². The average Bonchev–Trinajstić information content (AvgIpc) is 2.75. The van der Waals surface area contributed by atoms with Crippen LogP contribution >= 0.6 is 0 Å². The van der Waals surface area contributed by atoms with Crippen LogP contribution in [0, 0.1) is 11.3 Å². The highest BCUT2D eigenvalue weighted by molar-refractivity contribution is 6.09. The first-order valence-electron chi connectivity index (χ1n) is 8.99.